The molecule has 0 aromatic heterocycles. The van der Waals surface area contributed by atoms with E-state index in [0.29, 0.717) is 22.3 Å². The Labute approximate surface area is 224 Å². The molecule has 1 aliphatic heterocycles. The van der Waals surface area contributed by atoms with Crippen LogP contribution in [-0.4, -0.2) is 65.2 Å². The fourth-order valence-electron chi connectivity index (χ4n) is 6.58. The Morgan fingerprint density at radius 2 is 1.72 bits per heavy atom. The van der Waals surface area contributed by atoms with Gasteiger partial charge in [0.1, 0.15) is 17.2 Å². The third-order valence-electron chi connectivity index (χ3n) is 8.25. The molecule has 39 heavy (non-hydrogen) atoms. The lowest BCUT2D eigenvalue weighted by molar-refractivity contribution is -0.142. The van der Waals surface area contributed by atoms with Gasteiger partial charge in [-0.05, 0) is 38.2 Å². The highest BCUT2D eigenvalue weighted by Gasteiger charge is 2.56. The van der Waals surface area contributed by atoms with Crippen LogP contribution < -0.4 is 9.47 Å². The standard InChI is InChI=1S/C29H29NO9/c1-13-9-19(32)18-12-17-15(6-7-16-23(17)29(37)30(28(16)36)8-4-5-22(33)34)24(25(18)27(13)35)26-20(38-2)10-14(31)11-21(26)39-3/h6,9-11,16-17,23-24,31H,4-5,7-8,12H2,1-3H3,(H,33,34)/t16-,17+,23-,24-/m0/s1. The van der Waals surface area contributed by atoms with E-state index in [9.17, 15) is 29.1 Å². The van der Waals surface area contributed by atoms with E-state index in [2.05, 4.69) is 0 Å². The number of ketones is 2. The molecule has 0 unspecified atom stereocenters. The van der Waals surface area contributed by atoms with Gasteiger partial charge in [0.15, 0.2) is 11.6 Å². The van der Waals surface area contributed by atoms with Gasteiger partial charge in [-0.3, -0.25) is 28.9 Å². The number of allylic oxidation sites excluding steroid dienone is 6. The summed E-state index contributed by atoms with van der Waals surface area (Å²) in [4.78, 5) is 65.9. The second-order valence-corrected chi connectivity index (χ2v) is 10.3. The summed E-state index contributed by atoms with van der Waals surface area (Å²) in [6.07, 6.45) is 3.55. The van der Waals surface area contributed by atoms with Gasteiger partial charge in [-0.25, -0.2) is 0 Å². The third kappa shape index (κ3) is 4.14. The van der Waals surface area contributed by atoms with Crippen LogP contribution in [0.1, 0.15) is 44.1 Å². The Kier molecular flexibility index (Phi) is 6.65. The van der Waals surface area contributed by atoms with Crippen molar-refractivity contribution in [2.24, 2.45) is 17.8 Å². The van der Waals surface area contributed by atoms with Crippen LogP contribution in [0.4, 0.5) is 0 Å². The first-order chi connectivity index (χ1) is 18.6. The molecule has 5 rings (SSSR count). The largest absolute Gasteiger partial charge is 0.508 e. The number of carbonyl (C=O) groups is 5. The summed E-state index contributed by atoms with van der Waals surface area (Å²) in [6.45, 7) is 1.59. The van der Waals surface area contributed by atoms with Crippen molar-refractivity contribution >= 4 is 29.4 Å². The second-order valence-electron chi connectivity index (χ2n) is 10.3. The fourth-order valence-corrected chi connectivity index (χ4v) is 6.58. The minimum atomic E-state index is -1.01. The maximum atomic E-state index is 13.6. The molecule has 0 spiro atoms. The minimum absolute atomic E-state index is 0.00928. The lowest BCUT2D eigenvalue weighted by Crippen LogP contribution is -2.40. The highest BCUT2D eigenvalue weighted by atomic mass is 16.5. The molecule has 1 saturated heterocycles. The molecule has 2 N–H and O–H groups in total. The maximum absolute atomic E-state index is 13.6. The molecule has 1 heterocycles. The number of nitrogens with zero attached hydrogens (tertiary/aromatic N) is 1. The summed E-state index contributed by atoms with van der Waals surface area (Å²) in [6, 6.07) is 2.81. The van der Waals surface area contributed by atoms with E-state index < -0.39 is 29.6 Å². The molecule has 204 valence electrons. The predicted molar refractivity (Wildman–Crippen MR) is 136 cm³/mol. The normalized spacial score (nSPS) is 26.1. The first-order valence-electron chi connectivity index (χ1n) is 12.8. The molecule has 0 radical (unpaired) electrons. The van der Waals surface area contributed by atoms with Crippen molar-refractivity contribution in [3.05, 3.63) is 52.1 Å². The molecule has 10 heteroatoms. The highest BCUT2D eigenvalue weighted by molar-refractivity contribution is 6.24. The van der Waals surface area contributed by atoms with E-state index >= 15 is 0 Å². The monoisotopic (exact) mass is 535 g/mol. The van der Waals surface area contributed by atoms with Gasteiger partial charge >= 0.3 is 5.97 Å². The van der Waals surface area contributed by atoms with Crippen LogP contribution >= 0.6 is 0 Å². The third-order valence-corrected chi connectivity index (χ3v) is 8.25. The number of hydrogen-bond acceptors (Lipinski definition) is 8. The molecule has 10 nitrogen and oxygen atoms in total. The maximum Gasteiger partial charge on any atom is 0.303 e. The Bertz CT molecular complexity index is 1390. The number of imide groups is 1. The molecular weight excluding hydrogens is 506 g/mol. The number of carboxylic acids is 1. The molecule has 1 aromatic rings. The number of likely N-dealkylation sites (tertiary alicyclic amines) is 1. The van der Waals surface area contributed by atoms with Crippen molar-refractivity contribution in [3.63, 3.8) is 0 Å². The van der Waals surface area contributed by atoms with Crippen molar-refractivity contribution in [2.45, 2.75) is 38.5 Å². The molecule has 4 aliphatic rings. The van der Waals surface area contributed by atoms with Crippen molar-refractivity contribution in [1.29, 1.82) is 0 Å². The summed E-state index contributed by atoms with van der Waals surface area (Å²) in [5.74, 6) is -4.67. The molecule has 4 atom stereocenters. The smallest absolute Gasteiger partial charge is 0.303 e. The summed E-state index contributed by atoms with van der Waals surface area (Å²) in [5.41, 5.74) is 2.05. The van der Waals surface area contributed by atoms with Gasteiger partial charge in [0.05, 0.1) is 26.1 Å². The number of phenols is 1. The van der Waals surface area contributed by atoms with Crippen LogP contribution in [0, 0.1) is 17.8 Å². The Morgan fingerprint density at radius 3 is 2.33 bits per heavy atom. The van der Waals surface area contributed by atoms with Crippen molar-refractivity contribution in [1.82, 2.24) is 4.90 Å². The SMILES string of the molecule is COc1cc(O)cc(OC)c1[C@H]1C2=CC[C@@H]3C(=O)N(CCCC(=O)O)C(=O)[C@@H]3[C@@H]2CC2=C1C(=O)C(C)=CC2=O. The highest BCUT2D eigenvalue weighted by Crippen LogP contribution is 2.57. The number of methoxy groups -OCH3 is 2. The van der Waals surface area contributed by atoms with Crippen LogP contribution in [0.2, 0.25) is 0 Å². The van der Waals surface area contributed by atoms with Gasteiger partial charge in [0.2, 0.25) is 11.8 Å². The van der Waals surface area contributed by atoms with Gasteiger partial charge in [0.25, 0.3) is 0 Å². The number of aromatic hydroxyl groups is 1. The fraction of sp³-hybridized carbons (Fsp3) is 0.414. The second kappa shape index (κ2) is 9.83. The van der Waals surface area contributed by atoms with Gasteiger partial charge in [-0.15, -0.1) is 0 Å². The number of hydrogen-bond donors (Lipinski definition) is 2. The summed E-state index contributed by atoms with van der Waals surface area (Å²) < 4.78 is 11.2. The summed E-state index contributed by atoms with van der Waals surface area (Å²) in [7, 11) is 2.84. The first-order valence-corrected chi connectivity index (χ1v) is 12.8. The zero-order chi connectivity index (χ0) is 28.2. The van der Waals surface area contributed by atoms with Crippen LogP contribution in [0.3, 0.4) is 0 Å². The van der Waals surface area contributed by atoms with E-state index in [4.69, 9.17) is 14.6 Å². The predicted octanol–water partition coefficient (Wildman–Crippen LogP) is 2.70. The molecular formula is C29H29NO9. The van der Waals surface area contributed by atoms with Crippen molar-refractivity contribution < 1.29 is 43.7 Å². The van der Waals surface area contributed by atoms with Gasteiger partial charge in [-0.1, -0.05) is 11.6 Å². The lowest BCUT2D eigenvalue weighted by atomic mass is 9.59. The number of aliphatic carboxylic acids is 1. The van der Waals surface area contributed by atoms with Gasteiger partial charge in [-0.2, -0.15) is 0 Å². The van der Waals surface area contributed by atoms with Gasteiger partial charge < -0.3 is 19.7 Å². The van der Waals surface area contributed by atoms with Crippen molar-refractivity contribution in [2.75, 3.05) is 20.8 Å². The van der Waals surface area contributed by atoms with E-state index in [-0.39, 0.29) is 72.9 Å². The lowest BCUT2D eigenvalue weighted by Gasteiger charge is -2.42. The van der Waals surface area contributed by atoms with E-state index in [1.807, 2.05) is 6.08 Å². The van der Waals surface area contributed by atoms with Crippen LogP contribution in [-0.2, 0) is 24.0 Å². The zero-order valence-corrected chi connectivity index (χ0v) is 21.9. The number of carboxylic acid groups (broad SMARTS) is 1. The van der Waals surface area contributed by atoms with Crippen LogP contribution in [0.5, 0.6) is 17.2 Å². The van der Waals surface area contributed by atoms with E-state index in [1.54, 1.807) is 6.92 Å². The number of rotatable bonds is 7. The average Bonchev–Trinajstić information content (AvgIpc) is 3.15. The van der Waals surface area contributed by atoms with Gasteiger partial charge in [0, 0.05) is 53.3 Å². The minimum Gasteiger partial charge on any atom is -0.508 e. The van der Waals surface area contributed by atoms with E-state index in [0.717, 1.165) is 10.5 Å². The number of phenolic OH excluding ortho intramolecular Hbond substituents is 1. The molecule has 2 amide bonds. The van der Waals surface area contributed by atoms with E-state index in [1.165, 1.54) is 32.4 Å². The summed E-state index contributed by atoms with van der Waals surface area (Å²) in [5, 5.41) is 19.3. The van der Waals surface area contributed by atoms with Crippen LogP contribution in [0.25, 0.3) is 0 Å². The molecule has 3 aliphatic carbocycles. The molecule has 1 fully saturated rings. The number of amides is 2. The van der Waals surface area contributed by atoms with Crippen molar-refractivity contribution in [3.8, 4) is 17.2 Å². The first kappa shape index (κ1) is 26.4. The quantitative estimate of drug-likeness (QED) is 0.305. The molecule has 0 saturated carbocycles. The number of Topliss-reactive ketones (excluding diaryl/α,β-unsaturated/α-hetero) is 1. The topological polar surface area (TPSA) is 148 Å². The number of ether oxygens (including phenoxy) is 2. The Morgan fingerprint density at radius 1 is 1.05 bits per heavy atom. The average molecular weight is 536 g/mol. The zero-order valence-electron chi connectivity index (χ0n) is 21.9. The number of fused-ring (bicyclic) bond motifs is 3. The van der Waals surface area contributed by atoms with Crippen LogP contribution in [0.15, 0.2) is 46.6 Å². The number of carbonyl (C=O) groups excluding carboxylic acids is 4. The molecule has 0 bridgehead atoms. The summed E-state index contributed by atoms with van der Waals surface area (Å²) >= 11 is 0. The number of benzene rings is 1. The Balaban J connectivity index is 1.65. The molecule has 1 aromatic carbocycles. The Hall–Kier alpha value is -4.21.